The van der Waals surface area contributed by atoms with E-state index in [-0.39, 0.29) is 11.3 Å². The molecule has 0 heteroatoms. The van der Waals surface area contributed by atoms with E-state index in [2.05, 4.69) is 118 Å². The van der Waals surface area contributed by atoms with E-state index in [1.807, 2.05) is 0 Å². The van der Waals surface area contributed by atoms with Crippen molar-refractivity contribution in [2.24, 2.45) is 0 Å². The molecule has 0 radical (unpaired) electrons. The Kier molecular flexibility index (Phi) is 3.89. The molecule has 0 spiro atoms. The molecule has 31 heavy (non-hydrogen) atoms. The predicted octanol–water partition coefficient (Wildman–Crippen LogP) is 8.45. The first-order valence-corrected chi connectivity index (χ1v) is 11.2. The molecule has 0 bridgehead atoms. The van der Waals surface area contributed by atoms with Crippen LogP contribution in [0.1, 0.15) is 48.9 Å². The van der Waals surface area contributed by atoms with Crippen LogP contribution in [0.5, 0.6) is 0 Å². The van der Waals surface area contributed by atoms with E-state index in [1.165, 1.54) is 54.9 Å². The summed E-state index contributed by atoms with van der Waals surface area (Å²) in [6.45, 7) is 6.84. The molecule has 0 saturated carbocycles. The van der Waals surface area contributed by atoms with E-state index in [9.17, 15) is 0 Å². The number of hydrogen-bond donors (Lipinski definition) is 0. The third-order valence-electron chi connectivity index (χ3n) is 6.91. The van der Waals surface area contributed by atoms with Gasteiger partial charge in [0, 0.05) is 5.92 Å². The molecule has 150 valence electrons. The molecule has 6 rings (SSSR count). The fourth-order valence-electron chi connectivity index (χ4n) is 5.41. The molecule has 1 aliphatic carbocycles. The maximum Gasteiger partial charge on any atom is 0.0358 e. The lowest BCUT2D eigenvalue weighted by molar-refractivity contribution is 0.590. The molecule has 1 unspecified atom stereocenters. The van der Waals surface area contributed by atoms with Gasteiger partial charge in [0.2, 0.25) is 0 Å². The normalized spacial score (nSPS) is 15.3. The molecule has 0 amide bonds. The van der Waals surface area contributed by atoms with Crippen LogP contribution in [0.2, 0.25) is 0 Å². The number of rotatable bonds is 1. The Balaban J connectivity index is 1.72. The Labute approximate surface area is 184 Å². The molecular formula is C31H26. The molecule has 5 aromatic rings. The Bertz CT molecular complexity index is 1450. The lowest BCUT2D eigenvalue weighted by Gasteiger charge is -2.22. The molecule has 5 aromatic carbocycles. The molecule has 0 saturated heterocycles. The van der Waals surface area contributed by atoms with Gasteiger partial charge in [0.1, 0.15) is 0 Å². The highest BCUT2D eigenvalue weighted by atomic mass is 14.4. The van der Waals surface area contributed by atoms with Crippen LogP contribution >= 0.6 is 0 Å². The second-order valence-electron chi connectivity index (χ2n) is 9.77. The van der Waals surface area contributed by atoms with Crippen LogP contribution in [0.4, 0.5) is 0 Å². The zero-order chi connectivity index (χ0) is 21.2. The van der Waals surface area contributed by atoms with Gasteiger partial charge in [-0.3, -0.25) is 0 Å². The molecule has 0 nitrogen and oxygen atoms in total. The largest absolute Gasteiger partial charge is 0.0619 e. The Hall–Kier alpha value is -3.38. The van der Waals surface area contributed by atoms with Crippen molar-refractivity contribution < 1.29 is 0 Å². The van der Waals surface area contributed by atoms with Crippen LogP contribution in [0, 0.1) is 0 Å². The van der Waals surface area contributed by atoms with Crippen LogP contribution < -0.4 is 0 Å². The molecular weight excluding hydrogens is 372 g/mol. The minimum atomic E-state index is 0.160. The van der Waals surface area contributed by atoms with Gasteiger partial charge in [-0.15, -0.1) is 0 Å². The highest BCUT2D eigenvalue weighted by molar-refractivity contribution is 6.18. The van der Waals surface area contributed by atoms with Gasteiger partial charge >= 0.3 is 0 Å². The van der Waals surface area contributed by atoms with Crippen molar-refractivity contribution in [2.75, 3.05) is 0 Å². The Morgan fingerprint density at radius 2 is 1.10 bits per heavy atom. The average Bonchev–Trinajstić information content (AvgIpc) is 3.14. The van der Waals surface area contributed by atoms with Crippen molar-refractivity contribution in [3.05, 3.63) is 119 Å². The minimum absolute atomic E-state index is 0.160. The summed E-state index contributed by atoms with van der Waals surface area (Å²) in [7, 11) is 0. The van der Waals surface area contributed by atoms with E-state index < -0.39 is 0 Å². The van der Waals surface area contributed by atoms with E-state index in [0.717, 1.165) is 0 Å². The highest BCUT2D eigenvalue weighted by Crippen LogP contribution is 2.53. The molecule has 0 N–H and O–H groups in total. The lowest BCUT2D eigenvalue weighted by atomic mass is 9.82. The van der Waals surface area contributed by atoms with Crippen molar-refractivity contribution >= 4 is 21.5 Å². The van der Waals surface area contributed by atoms with Crippen LogP contribution in [0.3, 0.4) is 0 Å². The van der Waals surface area contributed by atoms with Gasteiger partial charge in [0.25, 0.3) is 0 Å². The van der Waals surface area contributed by atoms with Gasteiger partial charge in [0.15, 0.2) is 0 Å². The van der Waals surface area contributed by atoms with E-state index in [4.69, 9.17) is 0 Å². The van der Waals surface area contributed by atoms with E-state index in [0.29, 0.717) is 0 Å². The minimum Gasteiger partial charge on any atom is -0.0619 e. The quantitative estimate of drug-likeness (QED) is 0.244. The lowest BCUT2D eigenvalue weighted by Crippen LogP contribution is -2.11. The summed E-state index contributed by atoms with van der Waals surface area (Å²) in [4.78, 5) is 0. The van der Waals surface area contributed by atoms with Crippen molar-refractivity contribution in [1.82, 2.24) is 0 Å². The van der Waals surface area contributed by atoms with Gasteiger partial charge < -0.3 is 0 Å². The van der Waals surface area contributed by atoms with Crippen LogP contribution in [-0.2, 0) is 5.41 Å². The summed E-state index contributed by atoms with van der Waals surface area (Å²) < 4.78 is 0. The van der Waals surface area contributed by atoms with Gasteiger partial charge in [-0.2, -0.15) is 0 Å². The van der Waals surface area contributed by atoms with E-state index >= 15 is 0 Å². The first kappa shape index (κ1) is 18.4. The third kappa shape index (κ3) is 2.68. The number of fused-ring (bicyclic) bond motifs is 8. The molecule has 0 aliphatic heterocycles. The topological polar surface area (TPSA) is 0 Å². The molecule has 0 aromatic heterocycles. The summed E-state index contributed by atoms with van der Waals surface area (Å²) in [5.41, 5.74) is 8.58. The number of hydrogen-bond acceptors (Lipinski definition) is 0. The summed E-state index contributed by atoms with van der Waals surface area (Å²) >= 11 is 0. The standard InChI is InChI=1S/C31H26/c1-31(2,3)21-18-16-20(17-19-21)28-26-14-8-9-15-27(26)29-24-12-6-4-10-22(24)23-11-5-7-13-25(23)30(28)29/h4-19,28H,1-3H3. The molecule has 1 atom stereocenters. The van der Waals surface area contributed by atoms with Crippen LogP contribution in [0.25, 0.3) is 32.7 Å². The fraction of sp³-hybridized carbons (Fsp3) is 0.161. The summed E-state index contributed by atoms with van der Waals surface area (Å²) in [6, 6.07) is 36.1. The SMILES string of the molecule is CC(C)(C)c1ccc(C2c3ccccc3-c3c2c2ccccc2c2ccccc32)cc1. The average molecular weight is 399 g/mol. The van der Waals surface area contributed by atoms with Crippen molar-refractivity contribution in [1.29, 1.82) is 0 Å². The Morgan fingerprint density at radius 1 is 0.548 bits per heavy atom. The maximum atomic E-state index is 2.35. The van der Waals surface area contributed by atoms with Gasteiger partial charge in [-0.25, -0.2) is 0 Å². The maximum absolute atomic E-state index is 2.35. The smallest absolute Gasteiger partial charge is 0.0358 e. The molecule has 0 fully saturated rings. The van der Waals surface area contributed by atoms with Gasteiger partial charge in [0.05, 0.1) is 0 Å². The first-order chi connectivity index (χ1) is 15.0. The van der Waals surface area contributed by atoms with Crippen LogP contribution in [-0.4, -0.2) is 0 Å². The van der Waals surface area contributed by atoms with Crippen LogP contribution in [0.15, 0.2) is 97.1 Å². The zero-order valence-electron chi connectivity index (χ0n) is 18.3. The van der Waals surface area contributed by atoms with E-state index in [1.54, 1.807) is 0 Å². The summed E-state index contributed by atoms with van der Waals surface area (Å²) in [5.74, 6) is 0.259. The third-order valence-corrected chi connectivity index (χ3v) is 6.91. The zero-order valence-corrected chi connectivity index (χ0v) is 18.3. The second-order valence-corrected chi connectivity index (χ2v) is 9.77. The Morgan fingerprint density at radius 3 is 1.77 bits per heavy atom. The highest BCUT2D eigenvalue weighted by Gasteiger charge is 2.33. The van der Waals surface area contributed by atoms with Crippen molar-refractivity contribution in [3.63, 3.8) is 0 Å². The van der Waals surface area contributed by atoms with Crippen molar-refractivity contribution in [2.45, 2.75) is 32.1 Å². The fourth-order valence-corrected chi connectivity index (χ4v) is 5.41. The molecule has 0 heterocycles. The van der Waals surface area contributed by atoms with Crippen molar-refractivity contribution in [3.8, 4) is 11.1 Å². The number of benzene rings is 5. The predicted molar refractivity (Wildman–Crippen MR) is 133 cm³/mol. The summed E-state index contributed by atoms with van der Waals surface area (Å²) in [5, 5.41) is 5.42. The second kappa shape index (κ2) is 6.56. The summed E-state index contributed by atoms with van der Waals surface area (Å²) in [6.07, 6.45) is 0. The van der Waals surface area contributed by atoms with Gasteiger partial charge in [-0.1, -0.05) is 118 Å². The van der Waals surface area contributed by atoms with Gasteiger partial charge in [-0.05, 0) is 60.3 Å². The molecule has 1 aliphatic rings. The first-order valence-electron chi connectivity index (χ1n) is 11.2. The monoisotopic (exact) mass is 398 g/mol.